The van der Waals surface area contributed by atoms with Gasteiger partial charge in [0, 0.05) is 146 Å². The first-order valence-electron chi connectivity index (χ1n) is 38.1. The van der Waals surface area contributed by atoms with Gasteiger partial charge in [0.15, 0.2) is 0 Å². The van der Waals surface area contributed by atoms with E-state index < -0.39 is 22.7 Å². The molecule has 16 rings (SSSR count). The molecule has 8 aromatic heterocycles. The van der Waals surface area contributed by atoms with Gasteiger partial charge in [0.05, 0.1) is 16.2 Å². The molecular formula is C80H103F4N19O4. The highest BCUT2D eigenvalue weighted by Gasteiger charge is 2.56. The zero-order valence-electron chi connectivity index (χ0n) is 63.0. The predicted octanol–water partition coefficient (Wildman–Crippen LogP) is 14.4. The van der Waals surface area contributed by atoms with Crippen LogP contribution in [0, 0.1) is 0 Å². The Hall–Kier alpha value is -9.69. The van der Waals surface area contributed by atoms with Crippen LogP contribution in [0.15, 0.2) is 106 Å². The molecule has 16 atom stereocenters. The number of alkyl halides is 4. The zero-order chi connectivity index (χ0) is 76.2. The molecule has 0 aromatic carbocycles. The van der Waals surface area contributed by atoms with Crippen LogP contribution in [0.5, 0.6) is 0 Å². The lowest BCUT2D eigenvalue weighted by Crippen LogP contribution is -2.50. The van der Waals surface area contributed by atoms with Crippen LogP contribution in [0.3, 0.4) is 0 Å². The van der Waals surface area contributed by atoms with Crippen LogP contribution in [0.25, 0.3) is 44.1 Å². The summed E-state index contributed by atoms with van der Waals surface area (Å²) in [5, 5.41) is 17.6. The summed E-state index contributed by atoms with van der Waals surface area (Å²) in [6.07, 6.45) is 29.4. The molecule has 8 fully saturated rings. The number of carbonyl (C=O) groups excluding carboxylic acids is 4. The highest BCUT2D eigenvalue weighted by atomic mass is 19.2. The number of anilines is 4. The molecular weight excluding hydrogens is 1370 g/mol. The summed E-state index contributed by atoms with van der Waals surface area (Å²) in [6, 6.07) is 3.27. The monoisotopic (exact) mass is 1470 g/mol. The third-order valence-electron chi connectivity index (χ3n) is 23.8. The van der Waals surface area contributed by atoms with Crippen molar-refractivity contribution in [3.05, 3.63) is 128 Å². The second kappa shape index (κ2) is 30.2. The molecule has 570 valence electrons. The minimum Gasteiger partial charge on any atom is -0.380 e. The molecule has 6 unspecified atom stereocenters. The molecule has 4 saturated carbocycles. The number of rotatable bonds is 18. The van der Waals surface area contributed by atoms with E-state index in [4.69, 9.17) is 0 Å². The summed E-state index contributed by atoms with van der Waals surface area (Å²) in [7, 11) is 0. The average molecular weight is 1470 g/mol. The fraction of sp³-hybridized carbons (Fsp3) is 0.537. The number of nitrogens with one attached hydrogen (secondary N) is 8. The maximum Gasteiger partial charge on any atom is 0.249 e. The van der Waals surface area contributed by atoms with E-state index in [9.17, 15) is 36.7 Å². The molecule has 4 aliphatic carbocycles. The number of fused-ring (bicyclic) bond motifs is 4. The second-order valence-electron chi connectivity index (χ2n) is 31.9. The number of hydrogen-bond acceptors (Lipinski definition) is 15. The van der Waals surface area contributed by atoms with Crippen LogP contribution >= 0.6 is 0 Å². The van der Waals surface area contributed by atoms with Gasteiger partial charge in [-0.2, -0.15) is 0 Å². The van der Waals surface area contributed by atoms with E-state index in [1.54, 1.807) is 40.8 Å². The first-order valence-corrected chi connectivity index (χ1v) is 38.1. The number of hydrogen-bond donors (Lipinski definition) is 8. The Labute approximate surface area is 622 Å². The van der Waals surface area contributed by atoms with E-state index in [1.807, 2.05) is 50.5 Å². The number of H-pyrrole nitrogens is 4. The predicted molar refractivity (Wildman–Crippen MR) is 411 cm³/mol. The van der Waals surface area contributed by atoms with Crippen molar-refractivity contribution in [1.29, 1.82) is 0 Å². The van der Waals surface area contributed by atoms with Crippen LogP contribution in [-0.2, 0) is 19.2 Å². The minimum atomic E-state index is -1.16. The molecule has 0 spiro atoms. The maximum atomic E-state index is 14.3. The first kappa shape index (κ1) is 75.5. The quantitative estimate of drug-likeness (QED) is 0.0293. The molecule has 8 N–H and O–H groups in total. The van der Waals surface area contributed by atoms with Crippen molar-refractivity contribution < 1.29 is 36.7 Å². The molecule has 8 aromatic rings. The van der Waals surface area contributed by atoms with Crippen molar-refractivity contribution in [2.75, 3.05) is 47.4 Å². The molecule has 0 radical (unpaired) electrons. The van der Waals surface area contributed by atoms with Gasteiger partial charge < -0.3 is 60.8 Å². The zero-order valence-corrected chi connectivity index (χ0v) is 63.0. The molecule has 4 saturated heterocycles. The number of amides is 4. The Morgan fingerprint density at radius 2 is 0.776 bits per heavy atom. The van der Waals surface area contributed by atoms with E-state index in [-0.39, 0.29) is 95.6 Å². The highest BCUT2D eigenvalue weighted by Crippen LogP contribution is 2.59. The van der Waals surface area contributed by atoms with Crippen LogP contribution in [0.1, 0.15) is 198 Å². The van der Waals surface area contributed by atoms with Gasteiger partial charge in [-0.3, -0.25) is 19.2 Å². The van der Waals surface area contributed by atoms with E-state index >= 15 is 0 Å². The van der Waals surface area contributed by atoms with Gasteiger partial charge in [0.2, 0.25) is 23.6 Å². The summed E-state index contributed by atoms with van der Waals surface area (Å²) in [5.41, 5.74) is 3.60. The van der Waals surface area contributed by atoms with Gasteiger partial charge in [-0.25, -0.2) is 52.4 Å². The van der Waals surface area contributed by atoms with Gasteiger partial charge in [-0.1, -0.05) is 40.2 Å². The lowest BCUT2D eigenvalue weighted by atomic mass is 9.96. The lowest BCUT2D eigenvalue weighted by Gasteiger charge is -2.39. The maximum absolute atomic E-state index is 14.3. The van der Waals surface area contributed by atoms with E-state index in [1.165, 1.54) is 37.2 Å². The standard InChI is InChI=1S/3C20H26FN5O.C20H25FN4O/c1-11(2)19(27)26-9-13(6-5-12(26)3)25-18-16-14(15-7-20(15,4)21)8-22-17(16)23-10-24-18;2*1-4-13-7-6-12(10-26(13)16(27)5-2)25-19-17-14(15-8-20(15,3)21)9-22-18(17)23-11-24-19;1-4-17(26)25-11-13(6-5-12(25)2)24-16-7-8-22-19-18(16)14(10-23-19)15-9-20(15,3)21/h8,10,12-13,15H,1,5-7,9H2,2-4H3,(H2,22,23,24,25);2*5,9,11-13,15H,2,4,6-8,10H2,1,3H3,(H2,22,23,24,25);4,7-8,10,12-13,15H,1,5-6,9,11H2,2-3H3,(H2,22,23,24)/t12-,13+,15-,20?;12?,13-,15+,20?;12-,13+,15+,20?;12-,13+,15?,20?/m0100/s1. The lowest BCUT2D eigenvalue weighted by molar-refractivity contribution is -0.131. The summed E-state index contributed by atoms with van der Waals surface area (Å²) >= 11 is 0. The van der Waals surface area contributed by atoms with Crippen molar-refractivity contribution in [2.24, 2.45) is 0 Å². The molecule has 12 heterocycles. The highest BCUT2D eigenvalue weighted by molar-refractivity contribution is 5.96. The SMILES string of the molecule is C=C(C)C(=O)N1C[C@H](Nc2ncnc3[nH]cc([C@@H]4CC4(C)F)c23)CC[C@@H]1C.C=CC(=O)N1CC(Nc2ncnc3[nH]cc([C@@H]4CC4(C)F)c23)CC[C@H]1CC.C=CC(=O)N1C[C@@H](Nc2ncnc3[nH]cc([C@H]4CC4(C)F)c23)CC[C@H]1CC.C=CC(=O)N1C[C@H](Nc2ccnc3[nH]cc(C4CC4(C)F)c23)CC[C@@H]1C. The Balaban J connectivity index is 0.000000126. The third kappa shape index (κ3) is 15.9. The molecule has 0 bridgehead atoms. The number of aromatic nitrogens is 11. The smallest absolute Gasteiger partial charge is 0.249 e. The fourth-order valence-electron chi connectivity index (χ4n) is 16.8. The average Bonchev–Trinajstić information content (AvgIpc) is 1.60. The van der Waals surface area contributed by atoms with Gasteiger partial charge in [0.25, 0.3) is 0 Å². The molecule has 4 aliphatic heterocycles. The van der Waals surface area contributed by atoms with Crippen LogP contribution in [0.2, 0.25) is 0 Å². The van der Waals surface area contributed by atoms with Crippen molar-refractivity contribution in [1.82, 2.24) is 74.4 Å². The van der Waals surface area contributed by atoms with Crippen molar-refractivity contribution in [3.8, 4) is 0 Å². The Morgan fingerprint density at radius 1 is 0.467 bits per heavy atom. The Morgan fingerprint density at radius 3 is 1.12 bits per heavy atom. The number of aromatic amines is 4. The Kier molecular flexibility index (Phi) is 21.3. The van der Waals surface area contributed by atoms with Crippen molar-refractivity contribution in [2.45, 2.75) is 247 Å². The summed E-state index contributed by atoms with van der Waals surface area (Å²) in [5.74, 6) is 1.60. The number of likely N-dealkylation sites (tertiary alicyclic amines) is 4. The van der Waals surface area contributed by atoms with Crippen LogP contribution in [0.4, 0.5) is 40.7 Å². The first-order chi connectivity index (χ1) is 51.1. The van der Waals surface area contributed by atoms with E-state index in [2.05, 4.69) is 130 Å². The third-order valence-corrected chi connectivity index (χ3v) is 23.8. The fourth-order valence-corrected chi connectivity index (χ4v) is 16.8. The number of pyridine rings is 1. The number of nitrogens with zero attached hydrogens (tertiary/aromatic N) is 11. The van der Waals surface area contributed by atoms with Crippen LogP contribution in [-0.4, -0.2) is 195 Å². The largest absolute Gasteiger partial charge is 0.380 e. The van der Waals surface area contributed by atoms with Crippen molar-refractivity contribution in [3.63, 3.8) is 0 Å². The molecule has 8 aliphatic rings. The second-order valence-corrected chi connectivity index (χ2v) is 31.9. The van der Waals surface area contributed by atoms with E-state index in [0.29, 0.717) is 91.8 Å². The minimum absolute atomic E-state index is 0.00431. The van der Waals surface area contributed by atoms with Crippen LogP contribution < -0.4 is 21.3 Å². The summed E-state index contributed by atoms with van der Waals surface area (Å²) < 4.78 is 57.1. The number of halogens is 4. The number of piperidine rings is 4. The normalized spacial score (nSPS) is 30.5. The summed E-state index contributed by atoms with van der Waals surface area (Å²) in [6.45, 7) is 33.8. The van der Waals surface area contributed by atoms with Gasteiger partial charge in [-0.05, 0) is 185 Å². The van der Waals surface area contributed by atoms with E-state index in [0.717, 1.165) is 119 Å². The molecule has 23 nitrogen and oxygen atoms in total. The topological polar surface area (TPSA) is 283 Å². The van der Waals surface area contributed by atoms with Gasteiger partial charge in [0.1, 0.15) is 81.7 Å². The van der Waals surface area contributed by atoms with Crippen molar-refractivity contribution >= 4 is 90.9 Å². The van der Waals surface area contributed by atoms with Gasteiger partial charge in [-0.15, -0.1) is 0 Å². The Bertz CT molecular complexity index is 4390. The number of carbonyl (C=O) groups is 4. The molecule has 107 heavy (non-hydrogen) atoms. The molecule has 27 heteroatoms. The van der Waals surface area contributed by atoms with Gasteiger partial charge >= 0.3 is 0 Å². The molecule has 4 amide bonds. The summed E-state index contributed by atoms with van der Waals surface area (Å²) in [4.78, 5) is 99.7.